The van der Waals surface area contributed by atoms with Gasteiger partial charge in [0.1, 0.15) is 23.2 Å². The molecule has 40 heavy (non-hydrogen) atoms. The fourth-order valence-electron chi connectivity index (χ4n) is 3.68. The van der Waals surface area contributed by atoms with Crippen molar-refractivity contribution in [3.8, 4) is 6.07 Å². The van der Waals surface area contributed by atoms with Gasteiger partial charge in [-0.1, -0.05) is 58.6 Å². The molecule has 4 aromatic rings. The van der Waals surface area contributed by atoms with Crippen molar-refractivity contribution >= 4 is 62.5 Å². The van der Waals surface area contributed by atoms with Crippen LogP contribution in [0.3, 0.4) is 0 Å². The number of anilines is 1. The molecule has 0 saturated heterocycles. The van der Waals surface area contributed by atoms with E-state index in [-0.39, 0.29) is 29.3 Å². The summed E-state index contributed by atoms with van der Waals surface area (Å²) in [5.41, 5.74) is 1.82. The number of hydrogen-bond donors (Lipinski definition) is 1. The van der Waals surface area contributed by atoms with Crippen molar-refractivity contribution in [2.75, 3.05) is 5.32 Å². The molecule has 1 heterocycles. The fraction of sp³-hybridized carbons (Fsp3) is 0.103. The predicted molar refractivity (Wildman–Crippen MR) is 156 cm³/mol. The Morgan fingerprint density at radius 1 is 0.950 bits per heavy atom. The number of rotatable bonds is 9. The highest BCUT2D eigenvalue weighted by Crippen LogP contribution is 2.27. The van der Waals surface area contributed by atoms with Gasteiger partial charge in [-0.05, 0) is 73.2 Å². The maximum atomic E-state index is 13.6. The van der Waals surface area contributed by atoms with E-state index in [9.17, 15) is 18.5 Å². The van der Waals surface area contributed by atoms with E-state index in [4.69, 9.17) is 39.2 Å². The van der Waals surface area contributed by atoms with Crippen molar-refractivity contribution in [1.29, 1.82) is 5.26 Å². The van der Waals surface area contributed by atoms with Crippen LogP contribution in [0.15, 0.2) is 93.7 Å². The van der Waals surface area contributed by atoms with E-state index in [1.807, 2.05) is 13.0 Å². The van der Waals surface area contributed by atoms with Crippen LogP contribution in [-0.2, 0) is 27.9 Å². The molecule has 0 saturated carbocycles. The molecular formula is C29H22Cl3N3O4S. The van der Waals surface area contributed by atoms with Crippen LogP contribution in [0.25, 0.3) is 6.08 Å². The molecule has 0 fully saturated rings. The largest absolute Gasteiger partial charge is 0.460 e. The van der Waals surface area contributed by atoms with Crippen molar-refractivity contribution in [3.63, 3.8) is 0 Å². The second-order valence-corrected chi connectivity index (χ2v) is 12.0. The van der Waals surface area contributed by atoms with Gasteiger partial charge in [0.25, 0.3) is 5.91 Å². The molecule has 0 aliphatic carbocycles. The van der Waals surface area contributed by atoms with Crippen LogP contribution in [0.5, 0.6) is 0 Å². The lowest BCUT2D eigenvalue weighted by Gasteiger charge is -2.22. The van der Waals surface area contributed by atoms with E-state index in [0.29, 0.717) is 32.1 Å². The quantitative estimate of drug-likeness (QED) is 0.155. The lowest BCUT2D eigenvalue weighted by molar-refractivity contribution is -0.112. The topological polar surface area (TPSA) is 103 Å². The molecule has 0 aliphatic rings. The summed E-state index contributed by atoms with van der Waals surface area (Å²) in [6.07, 6.45) is 1.28. The van der Waals surface area contributed by atoms with E-state index < -0.39 is 15.9 Å². The fourth-order valence-corrected chi connectivity index (χ4v) is 5.52. The number of nitrogens with one attached hydrogen (secondary N) is 1. The smallest absolute Gasteiger partial charge is 0.266 e. The Morgan fingerprint density at radius 2 is 1.65 bits per heavy atom. The van der Waals surface area contributed by atoms with Crippen LogP contribution in [0.2, 0.25) is 15.1 Å². The predicted octanol–water partition coefficient (Wildman–Crippen LogP) is 7.49. The second-order valence-electron chi connectivity index (χ2n) is 8.77. The number of nitrogens with zero attached hydrogens (tertiary/aromatic N) is 2. The Kier molecular flexibility index (Phi) is 9.36. The highest BCUT2D eigenvalue weighted by atomic mass is 35.5. The molecule has 0 radical (unpaired) electrons. The molecular weight excluding hydrogens is 593 g/mol. The molecule has 204 valence electrons. The first kappa shape index (κ1) is 29.4. The SMILES string of the molecule is Cc1ccc(S(=O)(=O)N(Cc2ccc(Cl)c(Cl)c2)Cc2ccc(/C=C(/C#N)C(=O)Nc3ccc(Cl)cc3)o2)cc1. The highest BCUT2D eigenvalue weighted by molar-refractivity contribution is 7.89. The number of carbonyl (C=O) groups excluding carboxylic acids is 1. The lowest BCUT2D eigenvalue weighted by Crippen LogP contribution is -2.30. The molecule has 3 aromatic carbocycles. The van der Waals surface area contributed by atoms with Gasteiger partial charge in [-0.3, -0.25) is 4.79 Å². The molecule has 0 spiro atoms. The molecule has 0 bridgehead atoms. The summed E-state index contributed by atoms with van der Waals surface area (Å²) in [7, 11) is -3.95. The lowest BCUT2D eigenvalue weighted by atomic mass is 10.2. The molecule has 11 heteroatoms. The summed E-state index contributed by atoms with van der Waals surface area (Å²) >= 11 is 18.1. The first-order valence-corrected chi connectivity index (χ1v) is 14.4. The minimum absolute atomic E-state index is 0.00802. The van der Waals surface area contributed by atoms with Gasteiger partial charge in [-0.2, -0.15) is 9.57 Å². The summed E-state index contributed by atoms with van der Waals surface area (Å²) in [6, 6.07) is 22.9. The third-order valence-corrected chi connectivity index (χ3v) is 8.57. The van der Waals surface area contributed by atoms with Crippen LogP contribution in [0.1, 0.15) is 22.6 Å². The van der Waals surface area contributed by atoms with Gasteiger partial charge in [-0.15, -0.1) is 0 Å². The summed E-state index contributed by atoms with van der Waals surface area (Å²) in [6.45, 7) is 1.74. The third kappa shape index (κ3) is 7.33. The maximum absolute atomic E-state index is 13.6. The van der Waals surface area contributed by atoms with Crippen LogP contribution < -0.4 is 5.32 Å². The Hall–Kier alpha value is -3.58. The average Bonchev–Trinajstić information content (AvgIpc) is 3.37. The van der Waals surface area contributed by atoms with Crippen molar-refractivity contribution in [2.45, 2.75) is 24.9 Å². The maximum Gasteiger partial charge on any atom is 0.266 e. The average molecular weight is 615 g/mol. The van der Waals surface area contributed by atoms with Crippen LogP contribution in [0, 0.1) is 18.3 Å². The summed E-state index contributed by atoms with van der Waals surface area (Å²) in [5, 5.41) is 13.3. The Balaban J connectivity index is 1.59. The van der Waals surface area contributed by atoms with Gasteiger partial charge < -0.3 is 9.73 Å². The first-order chi connectivity index (χ1) is 19.0. The minimum Gasteiger partial charge on any atom is -0.460 e. The standard InChI is InChI=1S/C29H22Cl3N3O4S/c1-19-2-11-26(12-3-19)40(37,38)35(17-20-4-13-27(31)28(32)14-20)18-25-10-9-24(39-25)15-21(16-33)29(36)34-23-7-5-22(30)6-8-23/h2-15H,17-18H2,1H3,(H,34,36)/b21-15-. The number of halogens is 3. The number of sulfonamides is 1. The van der Waals surface area contributed by atoms with Gasteiger partial charge in [-0.25, -0.2) is 8.42 Å². The zero-order valence-electron chi connectivity index (χ0n) is 21.1. The molecule has 1 N–H and O–H groups in total. The molecule has 0 unspecified atom stereocenters. The summed E-state index contributed by atoms with van der Waals surface area (Å²) in [4.78, 5) is 12.7. The molecule has 0 aliphatic heterocycles. The number of aryl methyl sites for hydroxylation is 1. The van der Waals surface area contributed by atoms with E-state index >= 15 is 0 Å². The van der Waals surface area contributed by atoms with Gasteiger partial charge in [0.05, 0.1) is 21.5 Å². The molecule has 1 amide bonds. The van der Waals surface area contributed by atoms with Gasteiger partial charge >= 0.3 is 0 Å². The number of amides is 1. The van der Waals surface area contributed by atoms with Gasteiger partial charge in [0, 0.05) is 23.3 Å². The molecule has 0 atom stereocenters. The van der Waals surface area contributed by atoms with Gasteiger partial charge in [0.15, 0.2) is 0 Å². The summed E-state index contributed by atoms with van der Waals surface area (Å²) in [5.74, 6) is -0.122. The van der Waals surface area contributed by atoms with E-state index in [2.05, 4.69) is 5.32 Å². The normalized spacial score (nSPS) is 11.8. The van der Waals surface area contributed by atoms with Crippen molar-refractivity contribution in [1.82, 2.24) is 4.31 Å². The zero-order valence-corrected chi connectivity index (χ0v) is 24.2. The van der Waals surface area contributed by atoms with Gasteiger partial charge in [0.2, 0.25) is 10.0 Å². The third-order valence-electron chi connectivity index (χ3n) is 5.77. The Labute approximate surface area is 247 Å². The molecule has 7 nitrogen and oxygen atoms in total. The number of hydrogen-bond acceptors (Lipinski definition) is 5. The van der Waals surface area contributed by atoms with E-state index in [1.165, 1.54) is 10.4 Å². The Bertz CT molecular complexity index is 1710. The highest BCUT2D eigenvalue weighted by Gasteiger charge is 2.26. The minimum atomic E-state index is -3.95. The van der Waals surface area contributed by atoms with E-state index in [0.717, 1.165) is 5.56 Å². The molecule has 1 aromatic heterocycles. The second kappa shape index (κ2) is 12.7. The van der Waals surface area contributed by atoms with Crippen LogP contribution in [0.4, 0.5) is 5.69 Å². The number of furan rings is 1. The van der Waals surface area contributed by atoms with Crippen molar-refractivity contribution in [3.05, 3.63) is 122 Å². The summed E-state index contributed by atoms with van der Waals surface area (Å²) < 4.78 is 34.3. The monoisotopic (exact) mass is 613 g/mol. The first-order valence-electron chi connectivity index (χ1n) is 11.8. The van der Waals surface area contributed by atoms with Crippen molar-refractivity contribution < 1.29 is 17.6 Å². The number of nitriles is 1. The zero-order chi connectivity index (χ0) is 28.9. The number of benzene rings is 3. The molecule has 4 rings (SSSR count). The van der Waals surface area contributed by atoms with Crippen LogP contribution >= 0.6 is 34.8 Å². The van der Waals surface area contributed by atoms with Crippen LogP contribution in [-0.4, -0.2) is 18.6 Å². The van der Waals surface area contributed by atoms with Crippen molar-refractivity contribution in [2.24, 2.45) is 0 Å². The number of carbonyl (C=O) groups is 1. The van der Waals surface area contributed by atoms with E-state index in [1.54, 1.807) is 78.9 Å². The Morgan fingerprint density at radius 3 is 2.30 bits per heavy atom.